The summed E-state index contributed by atoms with van der Waals surface area (Å²) in [4.78, 5) is 41.5. The van der Waals surface area contributed by atoms with Crippen LogP contribution in [0.15, 0.2) is 18.2 Å². The SMILES string of the molecule is CO[C@H]1CC[C@@H](C(=O)N2CCC(c3n[nH]c4c3C(=O)c3c(NC(=O)NN5CCOCC5)cccc3-4)CC2)CC1. The summed E-state index contributed by atoms with van der Waals surface area (Å²) < 4.78 is 10.8. The van der Waals surface area contributed by atoms with Crippen molar-refractivity contribution in [3.8, 4) is 11.3 Å². The van der Waals surface area contributed by atoms with Crippen LogP contribution in [0.25, 0.3) is 11.3 Å². The number of likely N-dealkylation sites (tertiary alicyclic amines) is 1. The van der Waals surface area contributed by atoms with Crippen LogP contribution in [0.4, 0.5) is 10.5 Å². The van der Waals surface area contributed by atoms with Gasteiger partial charge in [-0.05, 0) is 44.6 Å². The number of fused-ring (bicyclic) bond motifs is 3. The molecule has 0 spiro atoms. The smallest absolute Gasteiger partial charge is 0.333 e. The number of nitrogens with one attached hydrogen (secondary N) is 3. The molecule has 2 aromatic rings. The molecule has 3 N–H and O–H groups in total. The number of aromatic amines is 1. The molecule has 3 heterocycles. The van der Waals surface area contributed by atoms with Crippen molar-refractivity contribution in [3.05, 3.63) is 35.0 Å². The lowest BCUT2D eigenvalue weighted by molar-refractivity contribution is -0.138. The Balaban J connectivity index is 1.11. The number of hydrogen-bond acceptors (Lipinski definition) is 7. The summed E-state index contributed by atoms with van der Waals surface area (Å²) in [6.45, 7) is 3.69. The monoisotopic (exact) mass is 536 g/mol. The third-order valence-corrected chi connectivity index (χ3v) is 8.65. The summed E-state index contributed by atoms with van der Waals surface area (Å²) >= 11 is 0. The van der Waals surface area contributed by atoms with Gasteiger partial charge in [0.05, 0.1) is 47.5 Å². The number of carbonyl (C=O) groups is 3. The fourth-order valence-electron chi connectivity index (χ4n) is 6.46. The molecule has 0 bridgehead atoms. The zero-order valence-electron chi connectivity index (χ0n) is 22.3. The Kier molecular flexibility index (Phi) is 7.37. The molecule has 2 aliphatic heterocycles. The molecule has 39 heavy (non-hydrogen) atoms. The highest BCUT2D eigenvalue weighted by molar-refractivity contribution is 6.25. The first kappa shape index (κ1) is 26.0. The first-order valence-electron chi connectivity index (χ1n) is 14.0. The van der Waals surface area contributed by atoms with Gasteiger partial charge in [0.15, 0.2) is 5.78 Å². The van der Waals surface area contributed by atoms with Crippen LogP contribution in [0.1, 0.15) is 66.1 Å². The number of hydrazine groups is 1. The number of methoxy groups -OCH3 is 1. The van der Waals surface area contributed by atoms with Crippen LogP contribution in [0.5, 0.6) is 0 Å². The van der Waals surface area contributed by atoms with E-state index in [1.807, 2.05) is 17.0 Å². The van der Waals surface area contributed by atoms with E-state index >= 15 is 0 Å². The molecule has 3 amide bonds. The zero-order valence-corrected chi connectivity index (χ0v) is 22.3. The molecule has 0 unspecified atom stereocenters. The molecule has 0 radical (unpaired) electrons. The van der Waals surface area contributed by atoms with E-state index in [9.17, 15) is 14.4 Å². The summed E-state index contributed by atoms with van der Waals surface area (Å²) in [6, 6.07) is 5.07. The molecule has 4 aliphatic rings. The quantitative estimate of drug-likeness (QED) is 0.457. The fraction of sp³-hybridized carbons (Fsp3) is 0.571. The molecule has 208 valence electrons. The van der Waals surface area contributed by atoms with Crippen LogP contribution in [0.3, 0.4) is 0 Å². The molecule has 3 fully saturated rings. The molecule has 2 aliphatic carbocycles. The van der Waals surface area contributed by atoms with Crippen molar-refractivity contribution in [3.63, 3.8) is 0 Å². The second-order valence-corrected chi connectivity index (χ2v) is 10.9. The van der Waals surface area contributed by atoms with E-state index in [-0.39, 0.29) is 35.7 Å². The average Bonchev–Trinajstić information content (AvgIpc) is 3.53. The molecule has 1 aromatic carbocycles. The van der Waals surface area contributed by atoms with E-state index in [1.54, 1.807) is 18.2 Å². The maximum absolute atomic E-state index is 13.7. The van der Waals surface area contributed by atoms with Gasteiger partial charge in [-0.3, -0.25) is 20.1 Å². The van der Waals surface area contributed by atoms with Crippen LogP contribution >= 0.6 is 0 Å². The Morgan fingerprint density at radius 2 is 1.77 bits per heavy atom. The maximum Gasteiger partial charge on any atom is 0.333 e. The number of piperidine rings is 1. The van der Waals surface area contributed by atoms with Crippen molar-refractivity contribution in [1.82, 2.24) is 25.5 Å². The van der Waals surface area contributed by atoms with E-state index in [4.69, 9.17) is 9.47 Å². The predicted octanol–water partition coefficient (Wildman–Crippen LogP) is 2.90. The molecule has 11 heteroatoms. The molecular weight excluding hydrogens is 500 g/mol. The minimum atomic E-state index is -0.389. The first-order chi connectivity index (χ1) is 19.0. The van der Waals surface area contributed by atoms with Gasteiger partial charge in [0.2, 0.25) is 5.91 Å². The molecule has 6 rings (SSSR count). The van der Waals surface area contributed by atoms with Crippen molar-refractivity contribution >= 4 is 23.4 Å². The summed E-state index contributed by atoms with van der Waals surface area (Å²) in [5.74, 6) is 0.312. The minimum absolute atomic E-state index is 0.0880. The second-order valence-electron chi connectivity index (χ2n) is 10.9. The van der Waals surface area contributed by atoms with Gasteiger partial charge in [-0.2, -0.15) is 5.10 Å². The van der Waals surface area contributed by atoms with Gasteiger partial charge in [-0.25, -0.2) is 9.80 Å². The Hall–Kier alpha value is -3.28. The first-order valence-corrected chi connectivity index (χ1v) is 14.0. The predicted molar refractivity (Wildman–Crippen MR) is 143 cm³/mol. The van der Waals surface area contributed by atoms with Crippen LogP contribution in [-0.2, 0) is 14.3 Å². The number of morpholine rings is 1. The minimum Gasteiger partial charge on any atom is -0.381 e. The van der Waals surface area contributed by atoms with Crippen LogP contribution in [-0.4, -0.2) is 90.4 Å². The zero-order chi connectivity index (χ0) is 26.9. The van der Waals surface area contributed by atoms with E-state index in [2.05, 4.69) is 20.9 Å². The summed E-state index contributed by atoms with van der Waals surface area (Å²) in [7, 11) is 1.74. The second kappa shape index (κ2) is 11.1. The van der Waals surface area contributed by atoms with Gasteiger partial charge in [0, 0.05) is 50.7 Å². The van der Waals surface area contributed by atoms with Gasteiger partial charge >= 0.3 is 6.03 Å². The van der Waals surface area contributed by atoms with E-state index in [0.29, 0.717) is 61.9 Å². The van der Waals surface area contributed by atoms with Gasteiger partial charge in [0.1, 0.15) is 0 Å². The Morgan fingerprint density at radius 3 is 2.49 bits per heavy atom. The van der Waals surface area contributed by atoms with Gasteiger partial charge in [-0.15, -0.1) is 0 Å². The van der Waals surface area contributed by atoms with Crippen molar-refractivity contribution in [2.75, 3.05) is 51.8 Å². The number of carbonyl (C=O) groups excluding carboxylic acids is 3. The largest absolute Gasteiger partial charge is 0.381 e. The number of aromatic nitrogens is 2. The summed E-state index contributed by atoms with van der Waals surface area (Å²) in [6.07, 6.45) is 5.47. The van der Waals surface area contributed by atoms with Crippen LogP contribution in [0, 0.1) is 5.92 Å². The lowest BCUT2D eigenvalue weighted by atomic mass is 9.85. The number of nitrogens with zero attached hydrogens (tertiary/aromatic N) is 3. The topological polar surface area (TPSA) is 129 Å². The normalized spacial score (nSPS) is 23.8. The summed E-state index contributed by atoms with van der Waals surface area (Å²) in [5.41, 5.74) is 6.60. The lowest BCUT2D eigenvalue weighted by Crippen LogP contribution is -2.49. The number of rotatable bonds is 5. The van der Waals surface area contributed by atoms with Gasteiger partial charge in [0.25, 0.3) is 0 Å². The Bertz CT molecular complexity index is 1240. The van der Waals surface area contributed by atoms with E-state index in [0.717, 1.165) is 49.8 Å². The lowest BCUT2D eigenvalue weighted by Gasteiger charge is -2.36. The number of H-pyrrole nitrogens is 1. The molecular formula is C28H36N6O5. The molecule has 11 nitrogen and oxygen atoms in total. The van der Waals surface area contributed by atoms with Crippen molar-refractivity contribution in [1.29, 1.82) is 0 Å². The number of anilines is 1. The fourth-order valence-corrected chi connectivity index (χ4v) is 6.46. The molecule has 0 atom stereocenters. The highest BCUT2D eigenvalue weighted by Gasteiger charge is 2.38. The van der Waals surface area contributed by atoms with E-state index in [1.165, 1.54) is 0 Å². The molecule has 1 saturated carbocycles. The maximum atomic E-state index is 13.7. The Labute approximate surface area is 227 Å². The number of ether oxygens (including phenoxy) is 2. The third kappa shape index (κ3) is 5.06. The number of hydrogen-bond donors (Lipinski definition) is 3. The number of benzene rings is 1. The van der Waals surface area contributed by atoms with Gasteiger partial charge in [-0.1, -0.05) is 12.1 Å². The van der Waals surface area contributed by atoms with Gasteiger partial charge < -0.3 is 19.7 Å². The number of ketones is 1. The van der Waals surface area contributed by atoms with Crippen molar-refractivity contribution in [2.24, 2.45) is 5.92 Å². The highest BCUT2D eigenvalue weighted by Crippen LogP contribution is 2.43. The standard InChI is InChI=1S/C28H36N6O5/c1-38-19-7-5-18(6-8-19)27(36)33-11-9-17(10-12-33)24-23-25(31-30-24)20-3-2-4-21(22(20)26(23)35)29-28(37)32-34-13-15-39-16-14-34/h2-4,17-19H,5-16H2,1H3,(H,30,31)(H2,29,32,37)/t18-,19+. The highest BCUT2D eigenvalue weighted by atomic mass is 16.5. The Morgan fingerprint density at radius 1 is 1.03 bits per heavy atom. The van der Waals surface area contributed by atoms with Crippen molar-refractivity contribution in [2.45, 2.75) is 50.5 Å². The molecule has 1 aromatic heterocycles. The average molecular weight is 537 g/mol. The van der Waals surface area contributed by atoms with Crippen LogP contribution < -0.4 is 10.7 Å². The summed E-state index contributed by atoms with van der Waals surface area (Å²) in [5, 5.41) is 12.3. The number of urea groups is 1. The van der Waals surface area contributed by atoms with Crippen LogP contribution in [0.2, 0.25) is 0 Å². The van der Waals surface area contributed by atoms with E-state index < -0.39 is 0 Å². The van der Waals surface area contributed by atoms with Crippen molar-refractivity contribution < 1.29 is 23.9 Å². The number of amides is 3. The molecule has 2 saturated heterocycles. The third-order valence-electron chi connectivity index (χ3n) is 8.65.